The number of rotatable bonds is 5. The van der Waals surface area contributed by atoms with Crippen LogP contribution in [0.25, 0.3) is 5.65 Å². The minimum atomic E-state index is -1.16. The van der Waals surface area contributed by atoms with Gasteiger partial charge in [-0.05, 0) is 44.4 Å². The van der Waals surface area contributed by atoms with Gasteiger partial charge < -0.3 is 19.7 Å². The lowest BCUT2D eigenvalue weighted by Crippen LogP contribution is -2.19. The van der Waals surface area contributed by atoms with Gasteiger partial charge in [0.2, 0.25) is 0 Å². The van der Waals surface area contributed by atoms with Gasteiger partial charge in [0, 0.05) is 18.4 Å². The summed E-state index contributed by atoms with van der Waals surface area (Å²) in [6.45, 7) is 0.523. The highest BCUT2D eigenvalue weighted by molar-refractivity contribution is 6.33. The first-order valence-corrected chi connectivity index (χ1v) is 8.19. The van der Waals surface area contributed by atoms with Crippen LogP contribution in [0.4, 0.5) is 5.69 Å². The molecular weight excluding hydrogens is 356 g/mol. The summed E-state index contributed by atoms with van der Waals surface area (Å²) < 4.78 is 1.86. The second kappa shape index (κ2) is 7.15. The third-order valence-electron chi connectivity index (χ3n) is 3.76. The van der Waals surface area contributed by atoms with Gasteiger partial charge in [-0.25, -0.2) is 9.78 Å². The monoisotopic (exact) mass is 372 g/mol. The number of aromatic carboxylic acids is 1. The van der Waals surface area contributed by atoms with Gasteiger partial charge in [-0.3, -0.25) is 4.79 Å². The summed E-state index contributed by atoms with van der Waals surface area (Å²) in [4.78, 5) is 30.3. The van der Waals surface area contributed by atoms with Gasteiger partial charge in [-0.15, -0.1) is 0 Å². The molecule has 134 valence electrons. The van der Waals surface area contributed by atoms with E-state index in [1.807, 2.05) is 47.8 Å². The van der Waals surface area contributed by atoms with Crippen LogP contribution in [0.2, 0.25) is 5.02 Å². The fourth-order valence-corrected chi connectivity index (χ4v) is 2.83. The van der Waals surface area contributed by atoms with Crippen LogP contribution in [-0.4, -0.2) is 45.4 Å². The van der Waals surface area contributed by atoms with Crippen LogP contribution in [0.15, 0.2) is 42.6 Å². The summed E-state index contributed by atoms with van der Waals surface area (Å²) in [5.74, 6) is -1.57. The first-order chi connectivity index (χ1) is 12.4. The summed E-state index contributed by atoms with van der Waals surface area (Å²) in [5.41, 5.74) is 1.96. The van der Waals surface area contributed by atoms with Crippen LogP contribution < -0.4 is 5.32 Å². The summed E-state index contributed by atoms with van der Waals surface area (Å²) in [6.07, 6.45) is 1.85. The minimum absolute atomic E-state index is 0.0759. The Kier molecular flexibility index (Phi) is 4.92. The Morgan fingerprint density at radius 3 is 2.73 bits per heavy atom. The van der Waals surface area contributed by atoms with E-state index < -0.39 is 11.9 Å². The summed E-state index contributed by atoms with van der Waals surface area (Å²) >= 11 is 5.87. The van der Waals surface area contributed by atoms with Gasteiger partial charge in [0.25, 0.3) is 5.91 Å². The van der Waals surface area contributed by atoms with Crippen molar-refractivity contribution in [3.63, 3.8) is 0 Å². The maximum absolute atomic E-state index is 12.8. The number of nitrogens with one attached hydrogen (secondary N) is 1. The fraction of sp³-hybridized carbons (Fsp3) is 0.167. The van der Waals surface area contributed by atoms with Gasteiger partial charge in [0.15, 0.2) is 5.69 Å². The zero-order valence-corrected chi connectivity index (χ0v) is 15.0. The Balaban J connectivity index is 1.98. The van der Waals surface area contributed by atoms with E-state index in [1.165, 1.54) is 12.1 Å². The first kappa shape index (κ1) is 17.9. The number of carboxylic acids is 1. The Morgan fingerprint density at radius 1 is 1.27 bits per heavy atom. The highest BCUT2D eigenvalue weighted by Crippen LogP contribution is 2.22. The van der Waals surface area contributed by atoms with E-state index in [9.17, 15) is 9.59 Å². The Bertz CT molecular complexity index is 997. The summed E-state index contributed by atoms with van der Waals surface area (Å²) in [7, 11) is 3.81. The van der Waals surface area contributed by atoms with Crippen molar-refractivity contribution < 1.29 is 14.7 Å². The van der Waals surface area contributed by atoms with Crippen LogP contribution in [-0.2, 0) is 6.54 Å². The lowest BCUT2D eigenvalue weighted by molar-refractivity contribution is 0.0696. The number of anilines is 1. The van der Waals surface area contributed by atoms with Crippen molar-refractivity contribution in [2.24, 2.45) is 0 Å². The predicted octanol–water partition coefficient (Wildman–Crippen LogP) is 3.00. The number of hydrogen-bond acceptors (Lipinski definition) is 4. The van der Waals surface area contributed by atoms with E-state index in [0.29, 0.717) is 17.9 Å². The molecule has 3 aromatic rings. The first-order valence-electron chi connectivity index (χ1n) is 7.81. The van der Waals surface area contributed by atoms with Crippen molar-refractivity contribution in [1.29, 1.82) is 0 Å². The number of carbonyl (C=O) groups is 2. The highest BCUT2D eigenvalue weighted by Gasteiger charge is 2.20. The quantitative estimate of drug-likeness (QED) is 0.719. The molecule has 0 fully saturated rings. The topological polar surface area (TPSA) is 86.9 Å². The molecule has 8 heteroatoms. The van der Waals surface area contributed by atoms with E-state index >= 15 is 0 Å². The fourth-order valence-electron chi connectivity index (χ4n) is 2.64. The number of imidazole rings is 1. The molecule has 3 rings (SSSR count). The Morgan fingerprint density at radius 2 is 2.04 bits per heavy atom. The number of pyridine rings is 1. The maximum atomic E-state index is 12.8. The zero-order chi connectivity index (χ0) is 18.8. The van der Waals surface area contributed by atoms with E-state index in [-0.39, 0.29) is 16.3 Å². The molecule has 1 amide bonds. The minimum Gasteiger partial charge on any atom is -0.478 e. The van der Waals surface area contributed by atoms with Crippen molar-refractivity contribution in [1.82, 2.24) is 14.3 Å². The van der Waals surface area contributed by atoms with Gasteiger partial charge in [-0.2, -0.15) is 0 Å². The molecule has 0 saturated heterocycles. The number of halogens is 1. The predicted molar refractivity (Wildman–Crippen MR) is 98.9 cm³/mol. The average molecular weight is 373 g/mol. The van der Waals surface area contributed by atoms with Crippen LogP contribution in [0, 0.1) is 0 Å². The van der Waals surface area contributed by atoms with E-state index in [2.05, 4.69) is 10.3 Å². The van der Waals surface area contributed by atoms with Gasteiger partial charge >= 0.3 is 5.97 Å². The molecular formula is C18H17ClN4O3. The maximum Gasteiger partial charge on any atom is 0.337 e. The number of nitrogens with zero attached hydrogens (tertiary/aromatic N) is 3. The molecule has 0 radical (unpaired) electrons. The zero-order valence-electron chi connectivity index (χ0n) is 14.2. The molecule has 0 aliphatic rings. The van der Waals surface area contributed by atoms with Crippen LogP contribution in [0.5, 0.6) is 0 Å². The van der Waals surface area contributed by atoms with Gasteiger partial charge in [0.1, 0.15) is 5.65 Å². The second-order valence-corrected chi connectivity index (χ2v) is 6.43. The molecule has 2 N–H and O–H groups in total. The average Bonchev–Trinajstić information content (AvgIpc) is 2.94. The lowest BCUT2D eigenvalue weighted by atomic mass is 10.2. The molecule has 0 atom stereocenters. The molecule has 0 aliphatic carbocycles. The molecule has 0 bridgehead atoms. The number of carboxylic acid groups (broad SMARTS) is 1. The molecule has 0 spiro atoms. The van der Waals surface area contributed by atoms with Crippen LogP contribution in [0.1, 0.15) is 26.5 Å². The molecule has 26 heavy (non-hydrogen) atoms. The normalized spacial score (nSPS) is 11.1. The van der Waals surface area contributed by atoms with E-state index in [0.717, 1.165) is 5.69 Å². The summed E-state index contributed by atoms with van der Waals surface area (Å²) in [5, 5.41) is 12.0. The number of aromatic nitrogens is 2. The van der Waals surface area contributed by atoms with Crippen molar-refractivity contribution in [2.45, 2.75) is 6.54 Å². The molecule has 1 aromatic carbocycles. The van der Waals surface area contributed by atoms with Crippen molar-refractivity contribution in [3.8, 4) is 0 Å². The Labute approximate surface area is 154 Å². The third-order valence-corrected chi connectivity index (χ3v) is 4.09. The largest absolute Gasteiger partial charge is 0.478 e. The lowest BCUT2D eigenvalue weighted by Gasteiger charge is -2.11. The van der Waals surface area contributed by atoms with Gasteiger partial charge in [0.05, 0.1) is 16.3 Å². The highest BCUT2D eigenvalue weighted by atomic mass is 35.5. The molecule has 0 aliphatic heterocycles. The third kappa shape index (κ3) is 3.54. The number of fused-ring (bicyclic) bond motifs is 1. The van der Waals surface area contributed by atoms with Crippen LogP contribution >= 0.6 is 11.6 Å². The van der Waals surface area contributed by atoms with E-state index in [1.54, 1.807) is 6.07 Å². The van der Waals surface area contributed by atoms with Gasteiger partial charge in [-0.1, -0.05) is 17.7 Å². The summed E-state index contributed by atoms with van der Waals surface area (Å²) in [6, 6.07) is 9.85. The van der Waals surface area contributed by atoms with Crippen molar-refractivity contribution >= 4 is 34.8 Å². The van der Waals surface area contributed by atoms with Crippen LogP contribution in [0.3, 0.4) is 0 Å². The second-order valence-electron chi connectivity index (χ2n) is 6.03. The molecule has 0 unspecified atom stereocenters. The number of amides is 1. The SMILES string of the molecule is CN(C)Cc1c(C(=O)Nc2ccc(Cl)c(C(=O)O)c2)nc2ccccn12. The van der Waals surface area contributed by atoms with E-state index in [4.69, 9.17) is 16.7 Å². The molecule has 0 saturated carbocycles. The Hall–Kier alpha value is -2.90. The number of benzene rings is 1. The number of hydrogen-bond donors (Lipinski definition) is 2. The number of carbonyl (C=O) groups excluding carboxylic acids is 1. The smallest absolute Gasteiger partial charge is 0.337 e. The molecule has 2 heterocycles. The molecule has 7 nitrogen and oxygen atoms in total. The van der Waals surface area contributed by atoms with Crippen molar-refractivity contribution in [3.05, 3.63) is 64.6 Å². The standard InChI is InChI=1S/C18H17ClN4O3/c1-22(2)10-14-16(21-15-5-3-4-8-23(14)15)17(24)20-11-6-7-13(19)12(9-11)18(25)26/h3-9H,10H2,1-2H3,(H,20,24)(H,25,26). The molecule has 2 aromatic heterocycles. The van der Waals surface area contributed by atoms with Crippen molar-refractivity contribution in [2.75, 3.05) is 19.4 Å².